The summed E-state index contributed by atoms with van der Waals surface area (Å²) in [6.45, 7) is 0. The highest BCUT2D eigenvalue weighted by molar-refractivity contribution is 6.29. The number of aromatic nitrogens is 3. The third kappa shape index (κ3) is 3.98. The Morgan fingerprint density at radius 3 is 1.49 bits per heavy atom. The lowest BCUT2D eigenvalue weighted by Crippen LogP contribution is -2.00. The van der Waals surface area contributed by atoms with E-state index in [0.29, 0.717) is 17.5 Å². The van der Waals surface area contributed by atoms with Gasteiger partial charge in [0.2, 0.25) is 0 Å². The normalized spacial score (nSPS) is 11.8. The van der Waals surface area contributed by atoms with E-state index >= 15 is 0 Å². The van der Waals surface area contributed by atoms with E-state index in [-0.39, 0.29) is 0 Å². The lowest BCUT2D eigenvalue weighted by Gasteiger charge is -2.10. The fraction of sp³-hybridized carbons (Fsp3) is 0. The highest BCUT2D eigenvalue weighted by Gasteiger charge is 2.25. The van der Waals surface area contributed by atoms with Gasteiger partial charge >= 0.3 is 0 Å². The topological polar surface area (TPSA) is 51.8 Å². The van der Waals surface area contributed by atoms with Gasteiger partial charge in [0.25, 0.3) is 0 Å². The highest BCUT2D eigenvalue weighted by atomic mass is 16.3. The molecule has 0 unspecified atom stereocenters. The zero-order valence-corrected chi connectivity index (χ0v) is 25.2. The molecule has 1 aliphatic carbocycles. The van der Waals surface area contributed by atoms with Crippen molar-refractivity contribution in [2.45, 2.75) is 0 Å². The molecule has 0 aliphatic heterocycles. The maximum absolute atomic E-state index is 6.58. The van der Waals surface area contributed by atoms with Crippen molar-refractivity contribution in [3.8, 4) is 67.5 Å². The maximum atomic E-state index is 6.58. The molecule has 0 saturated carbocycles. The molecule has 4 heteroatoms. The first-order valence-electron chi connectivity index (χ1n) is 15.8. The smallest absolute Gasteiger partial charge is 0.164 e. The predicted molar refractivity (Wildman–Crippen MR) is 191 cm³/mol. The van der Waals surface area contributed by atoms with Gasteiger partial charge in [0.05, 0.1) is 0 Å². The van der Waals surface area contributed by atoms with E-state index in [0.717, 1.165) is 49.8 Å². The van der Waals surface area contributed by atoms with Gasteiger partial charge in [0, 0.05) is 27.5 Å². The van der Waals surface area contributed by atoms with Crippen LogP contribution >= 0.6 is 0 Å². The summed E-state index contributed by atoms with van der Waals surface area (Å²) in [5.74, 6) is 1.94. The number of nitrogens with zero attached hydrogens (tertiary/aromatic N) is 3. The average molecular weight is 600 g/mol. The number of furan rings is 1. The Morgan fingerprint density at radius 1 is 0.319 bits per heavy atom. The molecule has 0 bridgehead atoms. The standard InChI is InChI=1S/C43H25N3O/c1-3-11-27(12-4-1)41-44-42(28-13-5-2-6-14-28)46-43(45-41)29-23-21-26(22-24-29)30-17-10-20-36-39(30)40-34-19-9-18-33-31-15-7-8-16-32(31)35(38(33)34)25-37(40)47-36/h1-25H. The molecule has 0 spiro atoms. The van der Waals surface area contributed by atoms with Crippen LogP contribution in [0.25, 0.3) is 100 Å². The van der Waals surface area contributed by atoms with Crippen molar-refractivity contribution in [2.24, 2.45) is 0 Å². The highest BCUT2D eigenvalue weighted by Crippen LogP contribution is 2.51. The molecule has 0 saturated heterocycles. The van der Waals surface area contributed by atoms with Crippen molar-refractivity contribution in [2.75, 3.05) is 0 Å². The van der Waals surface area contributed by atoms with Crippen molar-refractivity contribution in [1.29, 1.82) is 0 Å². The van der Waals surface area contributed by atoms with E-state index in [2.05, 4.69) is 91.0 Å². The molecular weight excluding hydrogens is 574 g/mol. The number of benzene rings is 7. The second kappa shape index (κ2) is 10.1. The number of hydrogen-bond donors (Lipinski definition) is 0. The molecule has 47 heavy (non-hydrogen) atoms. The molecule has 2 heterocycles. The third-order valence-corrected chi connectivity index (χ3v) is 9.28. The molecule has 2 aromatic heterocycles. The molecule has 10 rings (SSSR count). The summed E-state index contributed by atoms with van der Waals surface area (Å²) < 4.78 is 6.58. The van der Waals surface area contributed by atoms with Crippen molar-refractivity contribution in [1.82, 2.24) is 15.0 Å². The van der Waals surface area contributed by atoms with Crippen LogP contribution in [0, 0.1) is 0 Å². The quantitative estimate of drug-likeness (QED) is 0.202. The Kier molecular flexibility index (Phi) is 5.54. The van der Waals surface area contributed by atoms with E-state index in [4.69, 9.17) is 19.4 Å². The largest absolute Gasteiger partial charge is 0.456 e. The van der Waals surface area contributed by atoms with Crippen LogP contribution in [-0.4, -0.2) is 15.0 Å². The average Bonchev–Trinajstić information content (AvgIpc) is 3.69. The Morgan fingerprint density at radius 2 is 0.830 bits per heavy atom. The molecule has 7 aromatic carbocycles. The van der Waals surface area contributed by atoms with E-state index in [1.54, 1.807) is 0 Å². The minimum atomic E-state index is 0.639. The number of hydrogen-bond acceptors (Lipinski definition) is 4. The van der Waals surface area contributed by atoms with Gasteiger partial charge in [-0.2, -0.15) is 0 Å². The van der Waals surface area contributed by atoms with E-state index in [9.17, 15) is 0 Å². The Labute approximate surface area is 270 Å². The van der Waals surface area contributed by atoms with Crippen LogP contribution in [0.2, 0.25) is 0 Å². The van der Waals surface area contributed by atoms with Crippen LogP contribution in [0.15, 0.2) is 156 Å². The third-order valence-electron chi connectivity index (χ3n) is 9.28. The second-order valence-electron chi connectivity index (χ2n) is 12.0. The van der Waals surface area contributed by atoms with Crippen LogP contribution in [0.3, 0.4) is 0 Å². The second-order valence-corrected chi connectivity index (χ2v) is 12.0. The summed E-state index contributed by atoms with van der Waals surface area (Å²) in [4.78, 5) is 14.7. The lowest BCUT2D eigenvalue weighted by molar-refractivity contribution is 0.669. The molecule has 0 N–H and O–H groups in total. The van der Waals surface area contributed by atoms with Crippen LogP contribution in [0.1, 0.15) is 0 Å². The van der Waals surface area contributed by atoms with E-state index in [1.165, 1.54) is 33.0 Å². The molecule has 1 aliphatic rings. The van der Waals surface area contributed by atoms with Gasteiger partial charge in [-0.1, -0.05) is 140 Å². The van der Waals surface area contributed by atoms with Crippen LogP contribution in [0.4, 0.5) is 0 Å². The maximum Gasteiger partial charge on any atom is 0.164 e. The van der Waals surface area contributed by atoms with E-state index in [1.807, 2.05) is 60.7 Å². The minimum Gasteiger partial charge on any atom is -0.456 e. The fourth-order valence-electron chi connectivity index (χ4n) is 7.16. The summed E-state index contributed by atoms with van der Waals surface area (Å²) in [6.07, 6.45) is 0. The fourth-order valence-corrected chi connectivity index (χ4v) is 7.16. The zero-order valence-electron chi connectivity index (χ0n) is 25.2. The molecule has 0 atom stereocenters. The summed E-state index contributed by atoms with van der Waals surface area (Å²) in [6, 6.07) is 52.5. The summed E-state index contributed by atoms with van der Waals surface area (Å²) >= 11 is 0. The molecule has 4 nitrogen and oxygen atoms in total. The summed E-state index contributed by atoms with van der Waals surface area (Å²) in [7, 11) is 0. The number of fused-ring (bicyclic) bond motifs is 7. The Bertz CT molecular complexity index is 2600. The van der Waals surface area contributed by atoms with Gasteiger partial charge in [0.1, 0.15) is 11.2 Å². The van der Waals surface area contributed by atoms with Crippen LogP contribution in [0.5, 0.6) is 0 Å². The molecule has 9 aromatic rings. The lowest BCUT2D eigenvalue weighted by atomic mass is 9.94. The summed E-state index contributed by atoms with van der Waals surface area (Å²) in [5, 5.41) is 4.81. The van der Waals surface area contributed by atoms with Crippen LogP contribution in [-0.2, 0) is 0 Å². The SMILES string of the molecule is c1ccc(-c2nc(-c3ccccc3)nc(-c3ccc(-c4cccc5oc6cc7c8c(cccc8c6c45)-c4ccccc4-7)cc3)n2)cc1. The zero-order chi connectivity index (χ0) is 30.9. The van der Waals surface area contributed by atoms with Gasteiger partial charge in [0.15, 0.2) is 17.5 Å². The van der Waals surface area contributed by atoms with Crippen molar-refractivity contribution >= 4 is 32.7 Å². The predicted octanol–water partition coefficient (Wildman–Crippen LogP) is 11.2. The molecule has 0 fully saturated rings. The van der Waals surface area contributed by atoms with Crippen molar-refractivity contribution in [3.05, 3.63) is 152 Å². The summed E-state index contributed by atoms with van der Waals surface area (Å²) in [5.41, 5.74) is 11.9. The van der Waals surface area contributed by atoms with Gasteiger partial charge < -0.3 is 4.42 Å². The molecular formula is C43H25N3O. The van der Waals surface area contributed by atoms with Gasteiger partial charge in [-0.25, -0.2) is 15.0 Å². The molecule has 0 radical (unpaired) electrons. The van der Waals surface area contributed by atoms with Crippen molar-refractivity contribution in [3.63, 3.8) is 0 Å². The Hall–Kier alpha value is -6.39. The van der Waals surface area contributed by atoms with Gasteiger partial charge in [-0.15, -0.1) is 0 Å². The first-order chi connectivity index (χ1) is 23.3. The molecule has 0 amide bonds. The Balaban J connectivity index is 1.13. The van der Waals surface area contributed by atoms with Crippen molar-refractivity contribution < 1.29 is 4.42 Å². The van der Waals surface area contributed by atoms with Gasteiger partial charge in [-0.3, -0.25) is 0 Å². The molecule has 218 valence electrons. The minimum absolute atomic E-state index is 0.639. The first-order valence-corrected chi connectivity index (χ1v) is 15.8. The van der Waals surface area contributed by atoms with Crippen LogP contribution < -0.4 is 0 Å². The number of rotatable bonds is 4. The van der Waals surface area contributed by atoms with E-state index < -0.39 is 0 Å². The first kappa shape index (κ1) is 25.9. The monoisotopic (exact) mass is 599 g/mol. The van der Waals surface area contributed by atoms with Gasteiger partial charge in [-0.05, 0) is 56.3 Å².